The molecule has 3 aromatic rings. The molecule has 3 rings (SSSR count). The average Bonchev–Trinajstić information content (AvgIpc) is 2.67. The van der Waals surface area contributed by atoms with E-state index >= 15 is 0 Å². The molecule has 0 spiro atoms. The molecule has 1 N–H and O–H groups in total. The van der Waals surface area contributed by atoms with Gasteiger partial charge in [0.15, 0.2) is 0 Å². The topological polar surface area (TPSA) is 55.4 Å². The van der Waals surface area contributed by atoms with Gasteiger partial charge in [0.1, 0.15) is 10.6 Å². The third-order valence-corrected chi connectivity index (χ3v) is 6.13. The van der Waals surface area contributed by atoms with Crippen LogP contribution in [0.1, 0.15) is 22.7 Å². The standard InChI is InChI=1S/C21H20BrNO3S/c1-15-7-6-10-17(13-15)21(16-8-4-3-5-9-16)23-27(24,25)20-14-18(22)11-12-19(20)26-2/h3-14,21,23H,1-2H3/t21-/m0/s1. The summed E-state index contributed by atoms with van der Waals surface area (Å²) in [5.41, 5.74) is 2.80. The van der Waals surface area contributed by atoms with Crippen molar-refractivity contribution < 1.29 is 13.2 Å². The minimum Gasteiger partial charge on any atom is -0.495 e. The van der Waals surface area contributed by atoms with E-state index in [1.165, 1.54) is 7.11 Å². The molecule has 0 fully saturated rings. The molecule has 140 valence electrons. The first-order valence-corrected chi connectivity index (χ1v) is 10.7. The van der Waals surface area contributed by atoms with Crippen LogP contribution in [-0.4, -0.2) is 15.5 Å². The molecule has 0 aliphatic heterocycles. The lowest BCUT2D eigenvalue weighted by Gasteiger charge is -2.21. The molecule has 0 aliphatic carbocycles. The Morgan fingerprint density at radius 3 is 2.30 bits per heavy atom. The van der Waals surface area contributed by atoms with Crippen molar-refractivity contribution >= 4 is 26.0 Å². The van der Waals surface area contributed by atoms with E-state index in [9.17, 15) is 8.42 Å². The number of nitrogens with one attached hydrogen (secondary N) is 1. The largest absolute Gasteiger partial charge is 0.495 e. The van der Waals surface area contributed by atoms with Gasteiger partial charge in [-0.25, -0.2) is 8.42 Å². The molecule has 0 amide bonds. The molecule has 0 saturated carbocycles. The summed E-state index contributed by atoms with van der Waals surface area (Å²) in [7, 11) is -2.38. The minimum absolute atomic E-state index is 0.0907. The Morgan fingerprint density at radius 2 is 1.63 bits per heavy atom. The summed E-state index contributed by atoms with van der Waals surface area (Å²) in [4.78, 5) is 0.0907. The lowest BCUT2D eigenvalue weighted by atomic mass is 9.98. The van der Waals surface area contributed by atoms with Gasteiger partial charge in [0.25, 0.3) is 0 Å². The van der Waals surface area contributed by atoms with Gasteiger partial charge in [-0.3, -0.25) is 0 Å². The number of sulfonamides is 1. The highest BCUT2D eigenvalue weighted by Crippen LogP contribution is 2.30. The number of benzene rings is 3. The van der Waals surface area contributed by atoms with Crippen LogP contribution in [0.2, 0.25) is 0 Å². The second-order valence-corrected chi connectivity index (χ2v) is 8.77. The maximum atomic E-state index is 13.2. The maximum Gasteiger partial charge on any atom is 0.245 e. The molecule has 0 unspecified atom stereocenters. The van der Waals surface area contributed by atoms with Crippen LogP contribution >= 0.6 is 15.9 Å². The Kier molecular flexibility index (Phi) is 5.99. The third kappa shape index (κ3) is 4.58. The predicted octanol–water partition coefficient (Wildman–Crippen LogP) is 4.83. The summed E-state index contributed by atoms with van der Waals surface area (Å²) >= 11 is 3.34. The molecule has 6 heteroatoms. The summed E-state index contributed by atoms with van der Waals surface area (Å²) in [5, 5.41) is 0. The highest BCUT2D eigenvalue weighted by atomic mass is 79.9. The van der Waals surface area contributed by atoms with Crippen LogP contribution in [0.25, 0.3) is 0 Å². The molecule has 0 radical (unpaired) electrons. The summed E-state index contributed by atoms with van der Waals surface area (Å²) in [6, 6.07) is 21.7. The molecule has 4 nitrogen and oxygen atoms in total. The van der Waals surface area contributed by atoms with Crippen LogP contribution in [0.15, 0.2) is 82.2 Å². The van der Waals surface area contributed by atoms with E-state index in [0.29, 0.717) is 10.2 Å². The van der Waals surface area contributed by atoms with Crippen LogP contribution < -0.4 is 9.46 Å². The van der Waals surface area contributed by atoms with Crippen molar-refractivity contribution in [3.63, 3.8) is 0 Å². The number of hydrogen-bond acceptors (Lipinski definition) is 3. The van der Waals surface area contributed by atoms with Crippen LogP contribution in [0.5, 0.6) is 5.75 Å². The monoisotopic (exact) mass is 445 g/mol. The van der Waals surface area contributed by atoms with Crippen molar-refractivity contribution in [2.45, 2.75) is 17.9 Å². The zero-order valence-electron chi connectivity index (χ0n) is 15.0. The van der Waals surface area contributed by atoms with Crippen molar-refractivity contribution in [2.75, 3.05) is 7.11 Å². The highest BCUT2D eigenvalue weighted by molar-refractivity contribution is 9.10. The molecular formula is C21H20BrNO3S. The first-order valence-electron chi connectivity index (χ1n) is 8.38. The molecule has 3 aromatic carbocycles. The fraction of sp³-hybridized carbons (Fsp3) is 0.143. The number of hydrogen-bond donors (Lipinski definition) is 1. The second-order valence-electron chi connectivity index (χ2n) is 6.17. The fourth-order valence-corrected chi connectivity index (χ4v) is 4.82. The zero-order valence-corrected chi connectivity index (χ0v) is 17.4. The Hall–Kier alpha value is -2.15. The van der Waals surface area contributed by atoms with Crippen LogP contribution in [0, 0.1) is 6.92 Å². The lowest BCUT2D eigenvalue weighted by molar-refractivity contribution is 0.402. The molecule has 1 atom stereocenters. The number of rotatable bonds is 6. The van der Waals surface area contributed by atoms with E-state index in [2.05, 4.69) is 20.7 Å². The molecule has 0 aliphatic rings. The van der Waals surface area contributed by atoms with Gasteiger partial charge in [-0.05, 0) is 36.2 Å². The van der Waals surface area contributed by atoms with Crippen molar-refractivity contribution in [1.29, 1.82) is 0 Å². The van der Waals surface area contributed by atoms with E-state index in [-0.39, 0.29) is 4.90 Å². The van der Waals surface area contributed by atoms with E-state index < -0.39 is 16.1 Å². The van der Waals surface area contributed by atoms with Gasteiger partial charge in [-0.2, -0.15) is 4.72 Å². The Balaban J connectivity index is 2.08. The quantitative estimate of drug-likeness (QED) is 0.590. The molecule has 0 saturated heterocycles. The minimum atomic E-state index is -3.84. The maximum absolute atomic E-state index is 13.2. The number of ether oxygens (including phenoxy) is 1. The number of halogens is 1. The molecule has 0 aromatic heterocycles. The van der Waals surface area contributed by atoms with Gasteiger partial charge in [-0.1, -0.05) is 76.1 Å². The first kappa shape index (κ1) is 19.6. The molecular weight excluding hydrogens is 426 g/mol. The lowest BCUT2D eigenvalue weighted by Crippen LogP contribution is -2.29. The van der Waals surface area contributed by atoms with Gasteiger partial charge in [0.2, 0.25) is 10.0 Å². The zero-order chi connectivity index (χ0) is 19.4. The number of aryl methyl sites for hydroxylation is 1. The predicted molar refractivity (Wildman–Crippen MR) is 110 cm³/mol. The van der Waals surface area contributed by atoms with Crippen molar-refractivity contribution in [3.8, 4) is 5.75 Å². The summed E-state index contributed by atoms with van der Waals surface area (Å²) < 4.78 is 35.2. The van der Waals surface area contributed by atoms with E-state index in [4.69, 9.17) is 4.74 Å². The third-order valence-electron chi connectivity index (χ3n) is 4.20. The highest BCUT2D eigenvalue weighted by Gasteiger charge is 2.26. The molecule has 0 heterocycles. The smallest absolute Gasteiger partial charge is 0.245 e. The van der Waals surface area contributed by atoms with Crippen LogP contribution in [0.4, 0.5) is 0 Å². The van der Waals surface area contributed by atoms with Crippen LogP contribution in [0.3, 0.4) is 0 Å². The second kappa shape index (κ2) is 8.25. The fourth-order valence-electron chi connectivity index (χ4n) is 2.90. The van der Waals surface area contributed by atoms with E-state index in [1.54, 1.807) is 18.2 Å². The Bertz CT molecular complexity index is 1040. The van der Waals surface area contributed by atoms with Crippen molar-refractivity contribution in [1.82, 2.24) is 4.72 Å². The van der Waals surface area contributed by atoms with Gasteiger partial charge < -0.3 is 4.74 Å². The summed E-state index contributed by atoms with van der Waals surface area (Å²) in [6.07, 6.45) is 0. The number of methoxy groups -OCH3 is 1. The average molecular weight is 446 g/mol. The Labute approximate surface area is 168 Å². The van der Waals surface area contributed by atoms with Crippen LogP contribution in [-0.2, 0) is 10.0 Å². The molecule has 0 bridgehead atoms. The van der Waals surface area contributed by atoms with Crippen molar-refractivity contribution in [3.05, 3.63) is 94.0 Å². The SMILES string of the molecule is COc1ccc(Br)cc1S(=O)(=O)N[C@@H](c1ccccc1)c1cccc(C)c1. The summed E-state index contributed by atoms with van der Waals surface area (Å²) in [5.74, 6) is 0.293. The first-order chi connectivity index (χ1) is 12.9. The molecule has 27 heavy (non-hydrogen) atoms. The van der Waals surface area contributed by atoms with Gasteiger partial charge in [0, 0.05) is 4.47 Å². The van der Waals surface area contributed by atoms with Gasteiger partial charge in [-0.15, -0.1) is 0 Å². The Morgan fingerprint density at radius 1 is 0.926 bits per heavy atom. The van der Waals surface area contributed by atoms with Crippen molar-refractivity contribution in [2.24, 2.45) is 0 Å². The van der Waals surface area contributed by atoms with Gasteiger partial charge >= 0.3 is 0 Å². The van der Waals surface area contributed by atoms with E-state index in [1.807, 2.05) is 61.5 Å². The normalized spacial score (nSPS) is 12.6. The van der Waals surface area contributed by atoms with Gasteiger partial charge in [0.05, 0.1) is 13.2 Å². The van der Waals surface area contributed by atoms with E-state index in [0.717, 1.165) is 16.7 Å². The summed E-state index contributed by atoms with van der Waals surface area (Å²) in [6.45, 7) is 1.98.